The average molecular weight is 116 g/mol. The summed E-state index contributed by atoms with van der Waals surface area (Å²) in [5.41, 5.74) is 5.34. The number of hydrogen-bond acceptors (Lipinski definition) is 3. The van der Waals surface area contributed by atoms with Crippen LogP contribution in [0.15, 0.2) is 0 Å². The third-order valence-corrected chi connectivity index (χ3v) is 0.973. The van der Waals surface area contributed by atoms with Gasteiger partial charge in [0, 0.05) is 0 Å². The van der Waals surface area contributed by atoms with Crippen molar-refractivity contribution in [3.05, 3.63) is 0 Å². The van der Waals surface area contributed by atoms with Gasteiger partial charge in [0.25, 0.3) is 0 Å². The maximum atomic E-state index is 10.4. The first-order valence-corrected chi connectivity index (χ1v) is 2.48. The van der Waals surface area contributed by atoms with Crippen LogP contribution < -0.4 is 5.73 Å². The van der Waals surface area contributed by atoms with Crippen LogP contribution in [-0.4, -0.2) is 30.9 Å². The Morgan fingerprint density at radius 1 is 1.62 bits per heavy atom. The van der Waals surface area contributed by atoms with Crippen molar-refractivity contribution in [3.63, 3.8) is 0 Å². The summed E-state index contributed by atoms with van der Waals surface area (Å²) in [6.07, 6.45) is -0.435. The fraction of sp³-hybridized carbons (Fsp3) is 0.800. The highest BCUT2D eigenvalue weighted by molar-refractivity contribution is 5.80. The van der Waals surface area contributed by atoms with Gasteiger partial charge in [-0.25, -0.2) is 0 Å². The molecule has 0 aliphatic rings. The van der Waals surface area contributed by atoms with Crippen LogP contribution >= 0.6 is 0 Å². The normalized spacial score (nSPS) is 14.1. The van der Waals surface area contributed by atoms with Crippen molar-refractivity contribution in [1.29, 1.82) is 0 Å². The van der Waals surface area contributed by atoms with Gasteiger partial charge in [-0.3, -0.25) is 9.69 Å². The van der Waals surface area contributed by atoms with Gasteiger partial charge in [-0.2, -0.15) is 0 Å². The van der Waals surface area contributed by atoms with Crippen LogP contribution in [0.4, 0.5) is 0 Å². The summed E-state index contributed by atoms with van der Waals surface area (Å²) >= 11 is 0. The molecule has 2 N–H and O–H groups in total. The first kappa shape index (κ1) is 7.59. The number of ketones is 1. The highest BCUT2D eigenvalue weighted by atomic mass is 16.1. The molecule has 1 atom stereocenters. The minimum atomic E-state index is -0.435. The molecule has 0 saturated carbocycles. The van der Waals surface area contributed by atoms with Gasteiger partial charge < -0.3 is 5.73 Å². The molecule has 3 heteroatoms. The van der Waals surface area contributed by atoms with Crippen LogP contribution in [0.5, 0.6) is 0 Å². The van der Waals surface area contributed by atoms with Crippen LogP contribution in [0.3, 0.4) is 0 Å². The zero-order valence-corrected chi connectivity index (χ0v) is 5.51. The number of Topliss-reactive ketones (excluding diaryl/α,β-unsaturated/α-hetero) is 1. The average Bonchev–Trinajstić information content (AvgIpc) is 1.64. The summed E-state index contributed by atoms with van der Waals surface area (Å²) in [5.74, 6) is -0.00463. The number of carbonyl (C=O) groups excluding carboxylic acids is 1. The van der Waals surface area contributed by atoms with Crippen molar-refractivity contribution >= 4 is 5.78 Å². The molecule has 0 heterocycles. The van der Waals surface area contributed by atoms with E-state index in [2.05, 4.69) is 0 Å². The number of hydrogen-bond donors (Lipinski definition) is 1. The maximum Gasteiger partial charge on any atom is 0.161 e. The van der Waals surface area contributed by atoms with Gasteiger partial charge in [-0.05, 0) is 21.0 Å². The van der Waals surface area contributed by atoms with Gasteiger partial charge in [0.15, 0.2) is 5.78 Å². The molecule has 0 aromatic rings. The van der Waals surface area contributed by atoms with Crippen LogP contribution in [0.1, 0.15) is 6.92 Å². The molecule has 0 saturated heterocycles. The zero-order valence-electron chi connectivity index (χ0n) is 5.51. The van der Waals surface area contributed by atoms with Gasteiger partial charge in [0.1, 0.15) is 6.17 Å². The van der Waals surface area contributed by atoms with E-state index in [1.54, 1.807) is 19.0 Å². The molecule has 0 fully saturated rings. The van der Waals surface area contributed by atoms with Gasteiger partial charge >= 0.3 is 0 Å². The van der Waals surface area contributed by atoms with E-state index in [0.717, 1.165) is 0 Å². The van der Waals surface area contributed by atoms with Gasteiger partial charge in [-0.15, -0.1) is 0 Å². The quantitative estimate of drug-likeness (QED) is 0.491. The Balaban J connectivity index is 3.64. The molecule has 48 valence electrons. The van der Waals surface area contributed by atoms with Gasteiger partial charge in [-0.1, -0.05) is 0 Å². The second-order valence-electron chi connectivity index (χ2n) is 2.02. The van der Waals surface area contributed by atoms with Crippen molar-refractivity contribution in [1.82, 2.24) is 4.90 Å². The minimum absolute atomic E-state index is 0.00463. The zero-order chi connectivity index (χ0) is 6.73. The maximum absolute atomic E-state index is 10.4. The summed E-state index contributed by atoms with van der Waals surface area (Å²) < 4.78 is 0. The lowest BCUT2D eigenvalue weighted by Crippen LogP contribution is -2.41. The molecule has 1 unspecified atom stereocenters. The van der Waals surface area contributed by atoms with E-state index in [1.165, 1.54) is 6.92 Å². The van der Waals surface area contributed by atoms with Crippen LogP contribution in [0.2, 0.25) is 0 Å². The number of carbonyl (C=O) groups is 1. The summed E-state index contributed by atoms with van der Waals surface area (Å²) in [4.78, 5) is 12.1. The van der Waals surface area contributed by atoms with E-state index in [4.69, 9.17) is 5.73 Å². The van der Waals surface area contributed by atoms with Crippen molar-refractivity contribution < 1.29 is 4.79 Å². The summed E-state index contributed by atoms with van der Waals surface area (Å²) in [6, 6.07) is 0. The summed E-state index contributed by atoms with van der Waals surface area (Å²) in [6.45, 7) is 1.48. The fourth-order valence-corrected chi connectivity index (χ4v) is 0.364. The minimum Gasteiger partial charge on any atom is -0.309 e. The van der Waals surface area contributed by atoms with Crippen molar-refractivity contribution in [2.45, 2.75) is 13.1 Å². The Kier molecular flexibility index (Phi) is 2.65. The molecule has 0 aromatic carbocycles. The highest BCUT2D eigenvalue weighted by Gasteiger charge is 2.08. The van der Waals surface area contributed by atoms with Crippen molar-refractivity contribution in [3.8, 4) is 0 Å². The Hall–Kier alpha value is -0.410. The van der Waals surface area contributed by atoms with Crippen LogP contribution in [0, 0.1) is 0 Å². The van der Waals surface area contributed by atoms with E-state index in [9.17, 15) is 4.79 Å². The number of likely N-dealkylation sites (N-methyl/N-ethyl adjacent to an activating group) is 1. The molecular weight excluding hydrogens is 104 g/mol. The lowest BCUT2D eigenvalue weighted by Gasteiger charge is -2.15. The third-order valence-electron chi connectivity index (χ3n) is 0.973. The monoisotopic (exact) mass is 116 g/mol. The van der Waals surface area contributed by atoms with E-state index < -0.39 is 6.17 Å². The van der Waals surface area contributed by atoms with Gasteiger partial charge in [0.2, 0.25) is 0 Å². The standard InChI is InChI=1S/C5H12N2O/c1-4(8)5(6)7(2)3/h5H,6H2,1-3H3. The highest BCUT2D eigenvalue weighted by Crippen LogP contribution is 1.82. The summed E-state index contributed by atoms with van der Waals surface area (Å²) in [7, 11) is 3.54. The van der Waals surface area contributed by atoms with E-state index in [-0.39, 0.29) is 5.78 Å². The Morgan fingerprint density at radius 2 is 2.00 bits per heavy atom. The van der Waals surface area contributed by atoms with Gasteiger partial charge in [0.05, 0.1) is 0 Å². The molecule has 3 nitrogen and oxygen atoms in total. The smallest absolute Gasteiger partial charge is 0.161 e. The van der Waals surface area contributed by atoms with Crippen LogP contribution in [-0.2, 0) is 4.79 Å². The molecule has 0 bridgehead atoms. The lowest BCUT2D eigenvalue weighted by molar-refractivity contribution is -0.121. The largest absolute Gasteiger partial charge is 0.309 e. The Bertz CT molecular complexity index is 90.4. The second kappa shape index (κ2) is 2.79. The fourth-order valence-electron chi connectivity index (χ4n) is 0.364. The molecule has 0 amide bonds. The van der Waals surface area contributed by atoms with Crippen LogP contribution in [0.25, 0.3) is 0 Å². The SMILES string of the molecule is CC(=O)C(N)N(C)C. The molecule has 0 radical (unpaired) electrons. The predicted octanol–water partition coefficient (Wildman–Crippen LogP) is -0.578. The number of rotatable bonds is 2. The second-order valence-corrected chi connectivity index (χ2v) is 2.02. The van der Waals surface area contributed by atoms with Crippen molar-refractivity contribution in [2.75, 3.05) is 14.1 Å². The molecular formula is C5H12N2O. The molecule has 0 spiro atoms. The third kappa shape index (κ3) is 2.04. The van der Waals surface area contributed by atoms with E-state index in [0.29, 0.717) is 0 Å². The summed E-state index contributed by atoms with van der Waals surface area (Å²) in [5, 5.41) is 0. The Labute approximate surface area is 49.5 Å². The first-order chi connectivity index (χ1) is 3.55. The molecule has 0 aliphatic heterocycles. The van der Waals surface area contributed by atoms with E-state index >= 15 is 0 Å². The predicted molar refractivity (Wildman–Crippen MR) is 32.3 cm³/mol. The number of nitrogens with two attached hydrogens (primary N) is 1. The molecule has 0 rings (SSSR count). The Morgan fingerprint density at radius 3 is 2.00 bits per heavy atom. The topological polar surface area (TPSA) is 46.3 Å². The molecule has 0 aliphatic carbocycles. The molecule has 0 aromatic heterocycles. The first-order valence-electron chi connectivity index (χ1n) is 2.48. The van der Waals surface area contributed by atoms with E-state index in [1.807, 2.05) is 0 Å². The van der Waals surface area contributed by atoms with Crippen molar-refractivity contribution in [2.24, 2.45) is 5.73 Å². The molecule has 8 heavy (non-hydrogen) atoms. The number of nitrogens with zero attached hydrogens (tertiary/aromatic N) is 1. The lowest BCUT2D eigenvalue weighted by atomic mass is 10.3.